The van der Waals surface area contributed by atoms with Gasteiger partial charge in [0.05, 0.1) is 5.92 Å². The van der Waals surface area contributed by atoms with Crippen LogP contribution in [-0.4, -0.2) is 29.4 Å². The first-order valence-corrected chi connectivity index (χ1v) is 7.03. The minimum Gasteiger partial charge on any atom is -0.337 e. The topological polar surface area (TPSA) is 46.3 Å². The molecule has 3 nitrogen and oxygen atoms in total. The molecule has 1 rings (SSSR count). The number of amides is 1. The second kappa shape index (κ2) is 6.39. The van der Waals surface area contributed by atoms with Crippen LogP contribution in [0.2, 0.25) is 0 Å². The van der Waals surface area contributed by atoms with Crippen molar-refractivity contribution in [3.05, 3.63) is 0 Å². The Morgan fingerprint density at radius 3 is 2.53 bits per heavy atom. The number of nitrogens with two attached hydrogens (primary N) is 1. The lowest BCUT2D eigenvalue weighted by Crippen LogP contribution is -2.45. The van der Waals surface area contributed by atoms with Gasteiger partial charge >= 0.3 is 0 Å². The first kappa shape index (κ1) is 14.5. The van der Waals surface area contributed by atoms with E-state index in [-0.39, 0.29) is 11.8 Å². The lowest BCUT2D eigenvalue weighted by atomic mass is 9.95. The molecule has 100 valence electrons. The Hall–Kier alpha value is -0.570. The summed E-state index contributed by atoms with van der Waals surface area (Å²) in [6, 6.07) is 0.840. The van der Waals surface area contributed by atoms with Gasteiger partial charge in [-0.05, 0) is 38.5 Å². The predicted molar refractivity (Wildman–Crippen MR) is 71.6 cm³/mol. The molecule has 3 atom stereocenters. The third-order valence-electron chi connectivity index (χ3n) is 3.90. The summed E-state index contributed by atoms with van der Waals surface area (Å²) < 4.78 is 0. The van der Waals surface area contributed by atoms with Gasteiger partial charge in [0.1, 0.15) is 0 Å². The molecule has 0 aromatic rings. The van der Waals surface area contributed by atoms with Crippen molar-refractivity contribution >= 4 is 5.91 Å². The smallest absolute Gasteiger partial charge is 0.227 e. The Morgan fingerprint density at radius 1 is 1.41 bits per heavy atom. The maximum absolute atomic E-state index is 12.5. The zero-order chi connectivity index (χ0) is 13.0. The van der Waals surface area contributed by atoms with Crippen LogP contribution in [0.1, 0.15) is 53.4 Å². The highest BCUT2D eigenvalue weighted by Crippen LogP contribution is 2.28. The SMILES string of the molecule is CCC1CCC(C)N1C(=O)C(CN)CC(C)C. The van der Waals surface area contributed by atoms with E-state index in [1.165, 1.54) is 0 Å². The second-order valence-corrected chi connectivity index (χ2v) is 5.80. The average molecular weight is 240 g/mol. The fraction of sp³-hybridized carbons (Fsp3) is 0.929. The van der Waals surface area contributed by atoms with E-state index < -0.39 is 0 Å². The molecule has 2 N–H and O–H groups in total. The van der Waals surface area contributed by atoms with Gasteiger partial charge in [-0.15, -0.1) is 0 Å². The minimum absolute atomic E-state index is 0.0181. The molecule has 1 amide bonds. The van der Waals surface area contributed by atoms with E-state index in [1.807, 2.05) is 0 Å². The molecule has 1 aliphatic rings. The van der Waals surface area contributed by atoms with E-state index in [0.29, 0.717) is 24.5 Å². The largest absolute Gasteiger partial charge is 0.337 e. The van der Waals surface area contributed by atoms with Gasteiger partial charge in [-0.1, -0.05) is 20.8 Å². The van der Waals surface area contributed by atoms with Crippen LogP contribution in [0.25, 0.3) is 0 Å². The Labute approximate surface area is 106 Å². The van der Waals surface area contributed by atoms with E-state index in [1.54, 1.807) is 0 Å². The summed E-state index contributed by atoms with van der Waals surface area (Å²) in [5.74, 6) is 0.841. The van der Waals surface area contributed by atoms with E-state index in [4.69, 9.17) is 5.73 Å². The molecule has 0 bridgehead atoms. The van der Waals surface area contributed by atoms with Gasteiger partial charge in [-0.25, -0.2) is 0 Å². The van der Waals surface area contributed by atoms with E-state index in [2.05, 4.69) is 32.6 Å². The van der Waals surface area contributed by atoms with E-state index in [9.17, 15) is 4.79 Å². The van der Waals surface area contributed by atoms with Crippen LogP contribution in [-0.2, 0) is 4.79 Å². The molecular weight excluding hydrogens is 212 g/mol. The maximum Gasteiger partial charge on any atom is 0.227 e. The van der Waals surface area contributed by atoms with Crippen LogP contribution in [0.4, 0.5) is 0 Å². The summed E-state index contributed by atoms with van der Waals surface area (Å²) in [4.78, 5) is 14.6. The van der Waals surface area contributed by atoms with Crippen molar-refractivity contribution in [1.29, 1.82) is 0 Å². The number of rotatable bonds is 5. The highest BCUT2D eigenvalue weighted by Gasteiger charge is 2.36. The predicted octanol–water partition coefficient (Wildman–Crippen LogP) is 2.40. The molecule has 0 spiro atoms. The fourth-order valence-corrected chi connectivity index (χ4v) is 2.95. The standard InChI is InChI=1S/C14H28N2O/c1-5-13-7-6-11(4)16(13)14(17)12(9-15)8-10(2)3/h10-13H,5-9,15H2,1-4H3. The molecule has 0 saturated carbocycles. The molecule has 1 aliphatic heterocycles. The Bertz CT molecular complexity index is 253. The molecule has 0 aromatic heterocycles. The molecule has 3 unspecified atom stereocenters. The Balaban J connectivity index is 2.71. The van der Waals surface area contributed by atoms with Gasteiger partial charge in [0.25, 0.3) is 0 Å². The summed E-state index contributed by atoms with van der Waals surface area (Å²) in [5.41, 5.74) is 5.77. The number of carbonyl (C=O) groups excluding carboxylic acids is 1. The van der Waals surface area contributed by atoms with Crippen molar-refractivity contribution in [1.82, 2.24) is 4.90 Å². The van der Waals surface area contributed by atoms with Crippen molar-refractivity contribution in [3.8, 4) is 0 Å². The van der Waals surface area contributed by atoms with Gasteiger partial charge in [-0.2, -0.15) is 0 Å². The number of hydrogen-bond donors (Lipinski definition) is 1. The van der Waals surface area contributed by atoms with Gasteiger partial charge in [0.15, 0.2) is 0 Å². The fourth-order valence-electron chi connectivity index (χ4n) is 2.95. The third kappa shape index (κ3) is 3.44. The van der Waals surface area contributed by atoms with Crippen molar-refractivity contribution in [3.63, 3.8) is 0 Å². The minimum atomic E-state index is 0.0181. The molecule has 0 aromatic carbocycles. The third-order valence-corrected chi connectivity index (χ3v) is 3.90. The van der Waals surface area contributed by atoms with Crippen molar-refractivity contribution < 1.29 is 4.79 Å². The van der Waals surface area contributed by atoms with Crippen LogP contribution in [0.5, 0.6) is 0 Å². The Kier molecular flexibility index (Phi) is 5.44. The number of nitrogens with zero attached hydrogens (tertiary/aromatic N) is 1. The quantitative estimate of drug-likeness (QED) is 0.802. The van der Waals surface area contributed by atoms with Gasteiger partial charge in [-0.3, -0.25) is 4.79 Å². The summed E-state index contributed by atoms with van der Waals surface area (Å²) in [5, 5.41) is 0. The van der Waals surface area contributed by atoms with E-state index >= 15 is 0 Å². The number of hydrogen-bond acceptors (Lipinski definition) is 2. The molecule has 1 saturated heterocycles. The molecule has 0 radical (unpaired) electrons. The van der Waals surface area contributed by atoms with E-state index in [0.717, 1.165) is 25.7 Å². The molecule has 1 fully saturated rings. The summed E-state index contributed by atoms with van der Waals surface area (Å²) in [6.07, 6.45) is 4.27. The second-order valence-electron chi connectivity index (χ2n) is 5.80. The molecule has 3 heteroatoms. The van der Waals surface area contributed by atoms with Gasteiger partial charge in [0, 0.05) is 18.6 Å². The normalized spacial score (nSPS) is 26.6. The monoisotopic (exact) mass is 240 g/mol. The van der Waals surface area contributed by atoms with Crippen LogP contribution in [0, 0.1) is 11.8 Å². The lowest BCUT2D eigenvalue weighted by Gasteiger charge is -2.32. The zero-order valence-electron chi connectivity index (χ0n) is 11.8. The Morgan fingerprint density at radius 2 is 2.06 bits per heavy atom. The number of likely N-dealkylation sites (tertiary alicyclic amines) is 1. The van der Waals surface area contributed by atoms with Crippen molar-refractivity contribution in [2.24, 2.45) is 17.6 Å². The van der Waals surface area contributed by atoms with Crippen molar-refractivity contribution in [2.45, 2.75) is 65.5 Å². The molecule has 17 heavy (non-hydrogen) atoms. The number of carbonyl (C=O) groups is 1. The highest BCUT2D eigenvalue weighted by atomic mass is 16.2. The summed E-state index contributed by atoms with van der Waals surface area (Å²) in [7, 11) is 0. The van der Waals surface area contributed by atoms with Crippen molar-refractivity contribution in [2.75, 3.05) is 6.54 Å². The molecular formula is C14H28N2O. The van der Waals surface area contributed by atoms with Crippen LogP contribution in [0.3, 0.4) is 0 Å². The summed E-state index contributed by atoms with van der Waals surface area (Å²) >= 11 is 0. The first-order valence-electron chi connectivity index (χ1n) is 7.03. The lowest BCUT2D eigenvalue weighted by molar-refractivity contribution is -0.138. The van der Waals surface area contributed by atoms with Gasteiger partial charge < -0.3 is 10.6 Å². The summed E-state index contributed by atoms with van der Waals surface area (Å²) in [6.45, 7) is 9.12. The average Bonchev–Trinajstić information content (AvgIpc) is 2.66. The molecule has 0 aliphatic carbocycles. The molecule has 1 heterocycles. The van der Waals surface area contributed by atoms with Crippen LogP contribution >= 0.6 is 0 Å². The van der Waals surface area contributed by atoms with Crippen LogP contribution < -0.4 is 5.73 Å². The maximum atomic E-state index is 12.5. The zero-order valence-corrected chi connectivity index (χ0v) is 11.8. The van der Waals surface area contributed by atoms with Crippen LogP contribution in [0.15, 0.2) is 0 Å². The first-order chi connectivity index (χ1) is 8.01. The highest BCUT2D eigenvalue weighted by molar-refractivity contribution is 5.80. The van der Waals surface area contributed by atoms with Gasteiger partial charge in [0.2, 0.25) is 5.91 Å².